The minimum absolute atomic E-state index is 0.0717. The number of hydrogen-bond acceptors (Lipinski definition) is 6. The normalized spacial score (nSPS) is 12.4. The zero-order valence-corrected chi connectivity index (χ0v) is 52.2. The molecule has 6 nitrogen and oxygen atoms in total. The maximum Gasteiger partial charge on any atom is 0.306 e. The molecular weight excluding hydrogens is 961 g/mol. The molecule has 0 spiro atoms. The van der Waals surface area contributed by atoms with E-state index in [0.29, 0.717) is 19.3 Å². The van der Waals surface area contributed by atoms with Gasteiger partial charge in [-0.05, 0) is 64.2 Å². The van der Waals surface area contributed by atoms with Gasteiger partial charge >= 0.3 is 17.9 Å². The van der Waals surface area contributed by atoms with E-state index < -0.39 is 6.10 Å². The summed E-state index contributed by atoms with van der Waals surface area (Å²) in [5.41, 5.74) is 0. The first kappa shape index (κ1) is 75.1. The number of rotatable bonds is 63. The van der Waals surface area contributed by atoms with E-state index in [1.807, 2.05) is 0 Å². The van der Waals surface area contributed by atoms with Crippen molar-refractivity contribution in [3.63, 3.8) is 0 Å². The summed E-state index contributed by atoms with van der Waals surface area (Å²) < 4.78 is 16.9. The Balaban J connectivity index is 4.15. The molecule has 1 unspecified atom stereocenters. The fourth-order valence-electron chi connectivity index (χ4n) is 10.2. The molecule has 0 aromatic carbocycles. The predicted molar refractivity (Wildman–Crippen MR) is 339 cm³/mol. The van der Waals surface area contributed by atoms with Crippen molar-refractivity contribution in [3.8, 4) is 0 Å². The van der Waals surface area contributed by atoms with Gasteiger partial charge in [0.1, 0.15) is 13.2 Å². The molecule has 0 bridgehead atoms. The molecule has 1 atom stereocenters. The first-order valence-electron chi connectivity index (χ1n) is 34.3. The van der Waals surface area contributed by atoms with Gasteiger partial charge < -0.3 is 14.2 Å². The van der Waals surface area contributed by atoms with Gasteiger partial charge in [-0.1, -0.05) is 338 Å². The smallest absolute Gasteiger partial charge is 0.306 e. The lowest BCUT2D eigenvalue weighted by atomic mass is 10.0. The van der Waals surface area contributed by atoms with E-state index in [-0.39, 0.29) is 31.1 Å². The van der Waals surface area contributed by atoms with Crippen LogP contribution in [-0.4, -0.2) is 37.2 Å². The van der Waals surface area contributed by atoms with Crippen LogP contribution in [-0.2, 0) is 28.6 Å². The van der Waals surface area contributed by atoms with Crippen LogP contribution < -0.4 is 0 Å². The van der Waals surface area contributed by atoms with E-state index in [1.54, 1.807) is 0 Å². The molecule has 0 aromatic rings. The number of carbonyl (C=O) groups is 3. The highest BCUT2D eigenvalue weighted by molar-refractivity contribution is 5.71. The van der Waals surface area contributed by atoms with E-state index in [0.717, 1.165) is 96.3 Å². The van der Waals surface area contributed by atoms with Crippen LogP contribution in [0.1, 0.15) is 361 Å². The van der Waals surface area contributed by atoms with Crippen LogP contribution in [0.25, 0.3) is 0 Å². The average molecular weight is 1090 g/mol. The number of carbonyl (C=O) groups excluding carboxylic acids is 3. The van der Waals surface area contributed by atoms with Crippen LogP contribution in [0.3, 0.4) is 0 Å². The van der Waals surface area contributed by atoms with Gasteiger partial charge in [0.05, 0.1) is 0 Å². The second-order valence-corrected chi connectivity index (χ2v) is 23.1. The van der Waals surface area contributed by atoms with Crippen LogP contribution in [0.4, 0.5) is 0 Å². The summed E-state index contributed by atoms with van der Waals surface area (Å²) in [6.45, 7) is 6.56. The second kappa shape index (κ2) is 66.6. The Morgan fingerprint density at radius 2 is 0.500 bits per heavy atom. The van der Waals surface area contributed by atoms with Gasteiger partial charge in [-0.2, -0.15) is 0 Å². The number of hydrogen-bond donors (Lipinski definition) is 0. The van der Waals surface area contributed by atoms with Gasteiger partial charge in [0, 0.05) is 19.3 Å². The number of ether oxygens (including phenoxy) is 3. The Hall–Kier alpha value is -2.89. The first-order valence-corrected chi connectivity index (χ1v) is 34.3. The van der Waals surface area contributed by atoms with Gasteiger partial charge in [-0.15, -0.1) is 0 Å². The highest BCUT2D eigenvalue weighted by Crippen LogP contribution is 2.18. The van der Waals surface area contributed by atoms with Crippen LogP contribution >= 0.6 is 0 Å². The fraction of sp³-hybridized carbons (Fsp3) is 0.819. The van der Waals surface area contributed by atoms with Crippen molar-refractivity contribution in [1.82, 2.24) is 0 Å². The van der Waals surface area contributed by atoms with Crippen molar-refractivity contribution in [2.75, 3.05) is 13.2 Å². The lowest BCUT2D eigenvalue weighted by molar-refractivity contribution is -0.167. The summed E-state index contributed by atoms with van der Waals surface area (Å²) in [6.07, 6.45) is 85.4. The Kier molecular flexibility index (Phi) is 64.2. The van der Waals surface area contributed by atoms with Crippen LogP contribution in [0, 0.1) is 0 Å². The van der Waals surface area contributed by atoms with Gasteiger partial charge in [-0.25, -0.2) is 0 Å². The molecule has 0 aliphatic heterocycles. The molecule has 6 heteroatoms. The van der Waals surface area contributed by atoms with Gasteiger partial charge in [0.15, 0.2) is 6.10 Å². The van der Waals surface area contributed by atoms with E-state index in [9.17, 15) is 14.4 Å². The lowest BCUT2D eigenvalue weighted by Gasteiger charge is -2.18. The molecule has 454 valence electrons. The zero-order chi connectivity index (χ0) is 56.4. The molecule has 0 saturated heterocycles. The fourth-order valence-corrected chi connectivity index (χ4v) is 10.2. The van der Waals surface area contributed by atoms with Crippen molar-refractivity contribution in [3.05, 3.63) is 60.8 Å². The standard InChI is InChI=1S/C72H130O6/c1-4-7-10-13-16-19-21-23-25-27-29-31-33-35-37-38-40-42-44-46-48-50-53-56-59-62-65-71(74)77-68-69(67-76-70(73)64-61-58-55-52-18-15-12-9-6-3)78-72(75)66-63-60-57-54-51-49-47-45-43-41-39-36-34-32-30-28-26-24-22-20-17-14-11-8-5-2/h8,11,17,20,24,26,30,32,36,39,69H,4-7,9-10,12-16,18-19,21-23,25,27-29,31,33-35,37-38,40-68H2,1-3H3/b11-8-,20-17-,26-24-,32-30-,39-36-. The summed E-state index contributed by atoms with van der Waals surface area (Å²) >= 11 is 0. The van der Waals surface area contributed by atoms with E-state index in [2.05, 4.69) is 81.5 Å². The van der Waals surface area contributed by atoms with E-state index in [1.165, 1.54) is 225 Å². The molecule has 0 aliphatic rings. The average Bonchev–Trinajstić information content (AvgIpc) is 3.44. The SMILES string of the molecule is CC/C=C\C/C=C\C/C=C\C/C=C\C/C=C\CCCCCCCCCCCC(=O)OC(COC(=O)CCCCCCCCCCC)COC(=O)CCCCCCCCCCCCCCCCCCCCCCCCCCCC. The second-order valence-electron chi connectivity index (χ2n) is 23.1. The summed E-state index contributed by atoms with van der Waals surface area (Å²) in [5, 5.41) is 0. The van der Waals surface area contributed by atoms with E-state index in [4.69, 9.17) is 14.2 Å². The lowest BCUT2D eigenvalue weighted by Crippen LogP contribution is -2.30. The Labute approximate surface area is 485 Å². The maximum atomic E-state index is 12.9. The number of allylic oxidation sites excluding steroid dienone is 10. The molecule has 0 rings (SSSR count). The molecule has 0 N–H and O–H groups in total. The van der Waals surface area contributed by atoms with Crippen molar-refractivity contribution in [1.29, 1.82) is 0 Å². The summed E-state index contributed by atoms with van der Waals surface area (Å²) in [4.78, 5) is 38.3. The molecule has 0 aromatic heterocycles. The quantitative estimate of drug-likeness (QED) is 0.0261. The summed E-state index contributed by atoms with van der Waals surface area (Å²) in [7, 11) is 0. The zero-order valence-electron chi connectivity index (χ0n) is 52.2. The Morgan fingerprint density at radius 3 is 0.782 bits per heavy atom. The third kappa shape index (κ3) is 63.9. The highest BCUT2D eigenvalue weighted by Gasteiger charge is 2.19. The molecule has 0 aliphatic carbocycles. The van der Waals surface area contributed by atoms with Crippen LogP contribution in [0.2, 0.25) is 0 Å². The molecule has 0 saturated carbocycles. The summed E-state index contributed by atoms with van der Waals surface area (Å²) in [5.74, 6) is -0.859. The minimum Gasteiger partial charge on any atom is -0.462 e. The highest BCUT2D eigenvalue weighted by atomic mass is 16.6. The van der Waals surface area contributed by atoms with Crippen molar-refractivity contribution >= 4 is 17.9 Å². The molecule has 78 heavy (non-hydrogen) atoms. The van der Waals surface area contributed by atoms with Gasteiger partial charge in [0.2, 0.25) is 0 Å². The number of esters is 3. The molecular formula is C72H130O6. The van der Waals surface area contributed by atoms with Crippen LogP contribution in [0.5, 0.6) is 0 Å². The molecule has 0 radical (unpaired) electrons. The molecule has 0 fully saturated rings. The largest absolute Gasteiger partial charge is 0.462 e. The van der Waals surface area contributed by atoms with Gasteiger partial charge in [0.25, 0.3) is 0 Å². The molecule has 0 heterocycles. The van der Waals surface area contributed by atoms with Crippen molar-refractivity contribution in [2.24, 2.45) is 0 Å². The number of unbranched alkanes of at least 4 members (excludes halogenated alkanes) is 42. The third-order valence-corrected chi connectivity index (χ3v) is 15.3. The minimum atomic E-state index is -0.775. The van der Waals surface area contributed by atoms with Crippen LogP contribution in [0.15, 0.2) is 60.8 Å². The maximum absolute atomic E-state index is 12.9. The topological polar surface area (TPSA) is 78.9 Å². The van der Waals surface area contributed by atoms with Crippen molar-refractivity contribution < 1.29 is 28.6 Å². The first-order chi connectivity index (χ1) is 38.5. The van der Waals surface area contributed by atoms with Crippen molar-refractivity contribution in [2.45, 2.75) is 367 Å². The summed E-state index contributed by atoms with van der Waals surface area (Å²) in [6, 6.07) is 0. The Bertz CT molecular complexity index is 1390. The predicted octanol–water partition coefficient (Wildman–Crippen LogP) is 23.5. The monoisotopic (exact) mass is 1090 g/mol. The Morgan fingerprint density at radius 1 is 0.269 bits per heavy atom. The van der Waals surface area contributed by atoms with Gasteiger partial charge in [-0.3, -0.25) is 14.4 Å². The van der Waals surface area contributed by atoms with E-state index >= 15 is 0 Å². The third-order valence-electron chi connectivity index (χ3n) is 15.3. The molecule has 0 amide bonds.